The highest BCUT2D eigenvalue weighted by molar-refractivity contribution is 9.10. The molecule has 0 saturated heterocycles. The van der Waals surface area contributed by atoms with Gasteiger partial charge in [-0.2, -0.15) is 0 Å². The summed E-state index contributed by atoms with van der Waals surface area (Å²) >= 11 is 4.49. The van der Waals surface area contributed by atoms with Crippen molar-refractivity contribution < 1.29 is 9.90 Å². The Morgan fingerprint density at radius 2 is 2.27 bits per heavy atom. The van der Waals surface area contributed by atoms with Crippen LogP contribution in [0.5, 0.6) is 0 Å². The van der Waals surface area contributed by atoms with Crippen LogP contribution in [-0.2, 0) is 0 Å². The molecule has 0 aliphatic rings. The normalized spacial score (nSPS) is 10.2. The molecule has 0 radical (unpaired) electrons. The Morgan fingerprint density at radius 3 is 2.87 bits per heavy atom. The number of hydrogen-bond donors (Lipinski definition) is 1. The lowest BCUT2D eigenvalue weighted by molar-refractivity contribution is 0.0696. The van der Waals surface area contributed by atoms with Gasteiger partial charge in [0.1, 0.15) is 0 Å². The monoisotopic (exact) mass is 283 g/mol. The van der Waals surface area contributed by atoms with E-state index in [9.17, 15) is 4.79 Å². The van der Waals surface area contributed by atoms with Crippen LogP contribution in [0.2, 0.25) is 0 Å². The summed E-state index contributed by atoms with van der Waals surface area (Å²) in [4.78, 5) is 14.7. The Hall–Kier alpha value is -1.20. The first-order valence-electron chi connectivity index (χ1n) is 4.11. The van der Waals surface area contributed by atoms with E-state index in [2.05, 4.69) is 20.9 Å². The second kappa shape index (κ2) is 4.12. The number of benzene rings is 1. The van der Waals surface area contributed by atoms with Crippen LogP contribution in [0.15, 0.2) is 34.1 Å². The van der Waals surface area contributed by atoms with E-state index in [0.29, 0.717) is 5.69 Å². The van der Waals surface area contributed by atoms with Crippen molar-refractivity contribution in [3.8, 4) is 11.3 Å². The fourth-order valence-corrected chi connectivity index (χ4v) is 2.22. The largest absolute Gasteiger partial charge is 0.476 e. The van der Waals surface area contributed by atoms with Crippen molar-refractivity contribution in [2.24, 2.45) is 0 Å². The van der Waals surface area contributed by atoms with Crippen LogP contribution in [0.4, 0.5) is 0 Å². The lowest BCUT2D eigenvalue weighted by atomic mass is 10.2. The van der Waals surface area contributed by atoms with E-state index in [0.717, 1.165) is 21.4 Å². The summed E-state index contributed by atoms with van der Waals surface area (Å²) in [7, 11) is 0. The first kappa shape index (κ1) is 10.3. The molecule has 0 amide bonds. The summed E-state index contributed by atoms with van der Waals surface area (Å²) in [5.41, 5.74) is 1.60. The molecule has 0 unspecified atom stereocenters. The summed E-state index contributed by atoms with van der Waals surface area (Å²) in [5, 5.41) is 10.6. The van der Waals surface area contributed by atoms with Gasteiger partial charge in [-0.25, -0.2) is 9.78 Å². The molecule has 0 bridgehead atoms. The zero-order valence-corrected chi connectivity index (χ0v) is 9.88. The molecule has 1 aromatic carbocycles. The number of rotatable bonds is 2. The Labute approximate surface area is 98.5 Å². The Balaban J connectivity index is 2.41. The van der Waals surface area contributed by atoms with Gasteiger partial charge in [0.2, 0.25) is 5.01 Å². The minimum atomic E-state index is -0.985. The molecular weight excluding hydrogens is 278 g/mol. The molecule has 1 N–H and O–H groups in total. The standard InChI is InChI=1S/C10H6BrNO2S/c11-7-3-1-2-6(4-7)8-5-15-9(12-8)10(13)14/h1-5H,(H,13,14). The third-order valence-corrected chi connectivity index (χ3v) is 3.13. The maximum absolute atomic E-state index is 10.7. The van der Waals surface area contributed by atoms with Gasteiger partial charge in [-0.1, -0.05) is 28.1 Å². The molecule has 0 atom stereocenters. The number of thiazole rings is 1. The number of carbonyl (C=O) groups is 1. The fourth-order valence-electron chi connectivity index (χ4n) is 1.15. The predicted octanol–water partition coefficient (Wildman–Crippen LogP) is 3.27. The minimum absolute atomic E-state index is 0.116. The van der Waals surface area contributed by atoms with Gasteiger partial charge in [-0.05, 0) is 12.1 Å². The molecule has 1 heterocycles. The summed E-state index contributed by atoms with van der Waals surface area (Å²) in [5.74, 6) is -0.985. The lowest BCUT2D eigenvalue weighted by Crippen LogP contribution is -1.94. The van der Waals surface area contributed by atoms with Gasteiger partial charge in [0, 0.05) is 15.4 Å². The van der Waals surface area contributed by atoms with E-state index < -0.39 is 5.97 Å². The zero-order valence-electron chi connectivity index (χ0n) is 7.48. The van der Waals surface area contributed by atoms with Gasteiger partial charge < -0.3 is 5.11 Å². The molecule has 15 heavy (non-hydrogen) atoms. The molecule has 0 fully saturated rings. The first-order valence-corrected chi connectivity index (χ1v) is 5.79. The van der Waals surface area contributed by atoms with Gasteiger partial charge in [0.15, 0.2) is 0 Å². The Bertz CT molecular complexity index is 510. The minimum Gasteiger partial charge on any atom is -0.476 e. The molecule has 3 nitrogen and oxygen atoms in total. The highest BCUT2D eigenvalue weighted by atomic mass is 79.9. The third-order valence-electron chi connectivity index (χ3n) is 1.81. The molecular formula is C10H6BrNO2S. The zero-order chi connectivity index (χ0) is 10.8. The van der Waals surface area contributed by atoms with Crippen molar-refractivity contribution in [1.29, 1.82) is 0 Å². The molecule has 0 saturated carbocycles. The van der Waals surface area contributed by atoms with Crippen molar-refractivity contribution in [1.82, 2.24) is 4.98 Å². The summed E-state index contributed by atoms with van der Waals surface area (Å²) in [6.07, 6.45) is 0. The molecule has 5 heteroatoms. The van der Waals surface area contributed by atoms with Crippen molar-refractivity contribution in [2.75, 3.05) is 0 Å². The van der Waals surface area contributed by atoms with Crippen LogP contribution in [0.25, 0.3) is 11.3 Å². The molecule has 0 aliphatic heterocycles. The summed E-state index contributed by atoms with van der Waals surface area (Å²) in [6.45, 7) is 0. The van der Waals surface area contributed by atoms with Crippen LogP contribution in [0.3, 0.4) is 0 Å². The lowest BCUT2D eigenvalue weighted by Gasteiger charge is -1.96. The van der Waals surface area contributed by atoms with Crippen LogP contribution in [0, 0.1) is 0 Å². The average Bonchev–Trinajstić information content (AvgIpc) is 2.66. The van der Waals surface area contributed by atoms with Gasteiger partial charge in [0.05, 0.1) is 5.69 Å². The molecule has 0 spiro atoms. The topological polar surface area (TPSA) is 50.2 Å². The van der Waals surface area contributed by atoms with Crippen molar-refractivity contribution in [3.63, 3.8) is 0 Å². The number of halogens is 1. The summed E-state index contributed by atoms with van der Waals surface area (Å²) < 4.78 is 0.949. The molecule has 2 rings (SSSR count). The smallest absolute Gasteiger partial charge is 0.365 e. The van der Waals surface area contributed by atoms with Gasteiger partial charge in [0.25, 0.3) is 0 Å². The predicted molar refractivity (Wildman–Crippen MR) is 62.2 cm³/mol. The molecule has 2 aromatic rings. The number of carboxylic acid groups (broad SMARTS) is 1. The average molecular weight is 284 g/mol. The highest BCUT2D eigenvalue weighted by Gasteiger charge is 2.09. The van der Waals surface area contributed by atoms with Crippen molar-refractivity contribution in [2.45, 2.75) is 0 Å². The van der Waals surface area contributed by atoms with Crippen LogP contribution in [-0.4, -0.2) is 16.1 Å². The number of carboxylic acids is 1. The van der Waals surface area contributed by atoms with E-state index in [1.165, 1.54) is 0 Å². The number of aromatic carboxylic acids is 1. The number of nitrogens with zero attached hydrogens (tertiary/aromatic N) is 1. The van der Waals surface area contributed by atoms with E-state index in [1.807, 2.05) is 24.3 Å². The number of hydrogen-bond acceptors (Lipinski definition) is 3. The quantitative estimate of drug-likeness (QED) is 0.920. The van der Waals surface area contributed by atoms with E-state index >= 15 is 0 Å². The van der Waals surface area contributed by atoms with Crippen LogP contribution < -0.4 is 0 Å². The van der Waals surface area contributed by atoms with E-state index in [4.69, 9.17) is 5.11 Å². The second-order valence-electron chi connectivity index (χ2n) is 2.85. The van der Waals surface area contributed by atoms with Gasteiger partial charge >= 0.3 is 5.97 Å². The number of aromatic nitrogens is 1. The first-order chi connectivity index (χ1) is 7.16. The molecule has 76 valence electrons. The maximum Gasteiger partial charge on any atom is 0.365 e. The van der Waals surface area contributed by atoms with Gasteiger partial charge in [-0.3, -0.25) is 0 Å². The molecule has 0 aliphatic carbocycles. The fraction of sp³-hybridized carbons (Fsp3) is 0. The highest BCUT2D eigenvalue weighted by Crippen LogP contribution is 2.24. The van der Waals surface area contributed by atoms with Crippen molar-refractivity contribution in [3.05, 3.63) is 39.1 Å². The molecule has 1 aromatic heterocycles. The van der Waals surface area contributed by atoms with Gasteiger partial charge in [-0.15, -0.1) is 11.3 Å². The SMILES string of the molecule is O=C(O)c1nc(-c2cccc(Br)c2)cs1. The Morgan fingerprint density at radius 1 is 1.47 bits per heavy atom. The second-order valence-corrected chi connectivity index (χ2v) is 4.63. The summed E-state index contributed by atoms with van der Waals surface area (Å²) in [6, 6.07) is 7.60. The maximum atomic E-state index is 10.7. The van der Waals surface area contributed by atoms with Crippen LogP contribution in [0.1, 0.15) is 9.80 Å². The Kier molecular flexibility index (Phi) is 2.83. The van der Waals surface area contributed by atoms with Crippen LogP contribution >= 0.6 is 27.3 Å². The third kappa shape index (κ3) is 2.24. The van der Waals surface area contributed by atoms with E-state index in [1.54, 1.807) is 5.38 Å². The van der Waals surface area contributed by atoms with E-state index in [-0.39, 0.29) is 5.01 Å². The van der Waals surface area contributed by atoms with Crippen molar-refractivity contribution >= 4 is 33.2 Å².